The molecular weight excluding hydrogens is 350 g/mol. The number of thioether (sulfide) groups is 1. The van der Waals surface area contributed by atoms with E-state index in [0.717, 1.165) is 11.8 Å². The Morgan fingerprint density at radius 2 is 1.92 bits per heavy atom. The first-order valence-corrected chi connectivity index (χ1v) is 8.27. The smallest absolute Gasteiger partial charge is 0.334 e. The van der Waals surface area contributed by atoms with Gasteiger partial charge < -0.3 is 20.7 Å². The van der Waals surface area contributed by atoms with Crippen LogP contribution in [0, 0.1) is 0 Å². The summed E-state index contributed by atoms with van der Waals surface area (Å²) in [7, 11) is 1.54. The molecule has 0 amide bonds. The van der Waals surface area contributed by atoms with E-state index >= 15 is 0 Å². The molecule has 0 aliphatic heterocycles. The van der Waals surface area contributed by atoms with E-state index in [1.165, 1.54) is 0 Å². The van der Waals surface area contributed by atoms with Crippen LogP contribution in [0.4, 0.5) is 5.69 Å². The lowest BCUT2D eigenvalue weighted by molar-refractivity contribution is -0.148. The Kier molecular flexibility index (Phi) is 5.64. The molecule has 0 radical (unpaired) electrons. The Hall–Kier alpha value is -1.89. The Morgan fingerprint density at radius 1 is 1.29 bits per heavy atom. The van der Waals surface area contributed by atoms with E-state index in [2.05, 4.69) is 0 Å². The largest absolute Gasteiger partial charge is 0.497 e. The van der Waals surface area contributed by atoms with Crippen molar-refractivity contribution in [2.24, 2.45) is 0 Å². The van der Waals surface area contributed by atoms with Crippen LogP contribution >= 0.6 is 23.4 Å². The number of carbonyl (C=O) groups is 1. The number of hydrogen-bond acceptors (Lipinski definition) is 5. The number of aliphatic hydroxyl groups excluding tert-OH is 1. The van der Waals surface area contributed by atoms with E-state index in [4.69, 9.17) is 22.1 Å². The van der Waals surface area contributed by atoms with Crippen molar-refractivity contribution in [3.05, 3.63) is 53.1 Å². The van der Waals surface area contributed by atoms with Crippen LogP contribution in [0.15, 0.2) is 47.4 Å². The predicted octanol–water partition coefficient (Wildman–Crippen LogP) is 3.38. The number of nitrogens with two attached hydrogens (primary N) is 1. The number of benzene rings is 2. The lowest BCUT2D eigenvalue weighted by Crippen LogP contribution is -2.39. The molecule has 0 saturated heterocycles. The molecule has 0 aromatic heterocycles. The molecule has 0 saturated carbocycles. The van der Waals surface area contributed by atoms with E-state index in [1.807, 2.05) is 0 Å². The predicted molar refractivity (Wildman–Crippen MR) is 95.7 cm³/mol. The second-order valence-electron chi connectivity index (χ2n) is 5.36. The normalized spacial score (nSPS) is 14.7. The summed E-state index contributed by atoms with van der Waals surface area (Å²) in [6.45, 7) is 1.65. The second-order valence-corrected chi connectivity index (χ2v) is 7.29. The van der Waals surface area contributed by atoms with Crippen molar-refractivity contribution in [2.45, 2.75) is 22.7 Å². The standard InChI is InChI=1S/C17H18ClNO4S/c1-17(15(20)16(21)22,10-3-6-12(23-2)7-4-10)24-14-9-11(18)5-8-13(14)19/h3-9,15,20H,19H2,1-2H3,(H,21,22)/t15-,17-/m0/s1. The van der Waals surface area contributed by atoms with Gasteiger partial charge in [-0.05, 0) is 42.8 Å². The van der Waals surface area contributed by atoms with Crippen molar-refractivity contribution >= 4 is 35.0 Å². The van der Waals surface area contributed by atoms with Gasteiger partial charge in [0.25, 0.3) is 0 Å². The maximum absolute atomic E-state index is 11.4. The summed E-state index contributed by atoms with van der Waals surface area (Å²) in [6, 6.07) is 11.8. The zero-order valence-corrected chi connectivity index (χ0v) is 14.8. The van der Waals surface area contributed by atoms with Gasteiger partial charge in [0, 0.05) is 15.6 Å². The average Bonchev–Trinajstić information content (AvgIpc) is 2.57. The zero-order chi connectivity index (χ0) is 17.9. The number of aliphatic hydroxyl groups is 1. The molecule has 2 atom stereocenters. The quantitative estimate of drug-likeness (QED) is 0.535. The van der Waals surface area contributed by atoms with Gasteiger partial charge in [0.2, 0.25) is 0 Å². The number of halogens is 1. The molecule has 128 valence electrons. The van der Waals surface area contributed by atoms with Crippen LogP contribution in [0.5, 0.6) is 5.75 Å². The molecule has 0 heterocycles. The maximum atomic E-state index is 11.4. The molecule has 7 heteroatoms. The molecule has 24 heavy (non-hydrogen) atoms. The molecular formula is C17H18ClNO4S. The SMILES string of the molecule is COc1ccc([C@](C)(Sc2cc(Cl)ccc2N)[C@@H](O)C(=O)O)cc1. The number of rotatable bonds is 6. The van der Waals surface area contributed by atoms with Gasteiger partial charge in [-0.25, -0.2) is 4.79 Å². The summed E-state index contributed by atoms with van der Waals surface area (Å²) in [5, 5.41) is 20.1. The fourth-order valence-corrected chi connectivity index (χ4v) is 3.79. The molecule has 0 aliphatic carbocycles. The minimum atomic E-state index is -1.64. The summed E-state index contributed by atoms with van der Waals surface area (Å²) in [5.41, 5.74) is 7.06. The molecule has 4 N–H and O–H groups in total. The topological polar surface area (TPSA) is 92.8 Å². The van der Waals surface area contributed by atoms with Crippen LogP contribution in [0.25, 0.3) is 0 Å². The molecule has 0 aliphatic rings. The maximum Gasteiger partial charge on any atom is 0.334 e. The summed E-state index contributed by atoms with van der Waals surface area (Å²) in [4.78, 5) is 12.0. The van der Waals surface area contributed by atoms with Crippen LogP contribution in [0.2, 0.25) is 5.02 Å². The molecule has 2 rings (SSSR count). The number of carboxylic acid groups (broad SMARTS) is 1. The number of ether oxygens (including phenoxy) is 1. The number of hydrogen-bond donors (Lipinski definition) is 3. The van der Waals surface area contributed by atoms with E-state index in [9.17, 15) is 15.0 Å². The fourth-order valence-electron chi connectivity index (χ4n) is 2.26. The summed E-state index contributed by atoms with van der Waals surface area (Å²) in [6.07, 6.45) is -1.64. The lowest BCUT2D eigenvalue weighted by Gasteiger charge is -2.32. The van der Waals surface area contributed by atoms with Gasteiger partial charge in [-0.1, -0.05) is 23.7 Å². The first-order chi connectivity index (χ1) is 11.3. The highest BCUT2D eigenvalue weighted by atomic mass is 35.5. The fraction of sp³-hybridized carbons (Fsp3) is 0.235. The van der Waals surface area contributed by atoms with Crippen LogP contribution in [0.1, 0.15) is 12.5 Å². The highest BCUT2D eigenvalue weighted by molar-refractivity contribution is 8.00. The van der Waals surface area contributed by atoms with Gasteiger partial charge in [-0.15, -0.1) is 11.8 Å². The third kappa shape index (κ3) is 3.77. The van der Waals surface area contributed by atoms with Gasteiger partial charge in [-0.3, -0.25) is 0 Å². The third-order valence-electron chi connectivity index (χ3n) is 3.72. The van der Waals surface area contributed by atoms with Crippen molar-refractivity contribution in [3.63, 3.8) is 0 Å². The van der Waals surface area contributed by atoms with Gasteiger partial charge in [0.05, 0.1) is 11.9 Å². The van der Waals surface area contributed by atoms with E-state index in [1.54, 1.807) is 56.5 Å². The van der Waals surface area contributed by atoms with E-state index < -0.39 is 16.8 Å². The lowest BCUT2D eigenvalue weighted by atomic mass is 9.94. The third-order valence-corrected chi connectivity index (χ3v) is 5.41. The van der Waals surface area contributed by atoms with Crippen LogP contribution in [-0.4, -0.2) is 29.4 Å². The zero-order valence-electron chi connectivity index (χ0n) is 13.2. The Labute approximate surface area is 149 Å². The number of anilines is 1. The summed E-state index contributed by atoms with van der Waals surface area (Å²) >= 11 is 7.16. The van der Waals surface area contributed by atoms with Gasteiger partial charge in [0.1, 0.15) is 5.75 Å². The first kappa shape index (κ1) is 18.4. The minimum absolute atomic E-state index is 0.460. The van der Waals surface area contributed by atoms with Crippen LogP contribution in [-0.2, 0) is 9.54 Å². The summed E-state index contributed by atoms with van der Waals surface area (Å²) in [5.74, 6) is -0.681. The molecule has 0 fully saturated rings. The Bertz CT molecular complexity index is 738. The van der Waals surface area contributed by atoms with Crippen molar-refractivity contribution in [3.8, 4) is 5.75 Å². The van der Waals surface area contributed by atoms with Crippen molar-refractivity contribution < 1.29 is 19.7 Å². The van der Waals surface area contributed by atoms with Crippen molar-refractivity contribution in [1.82, 2.24) is 0 Å². The number of carboxylic acids is 1. The summed E-state index contributed by atoms with van der Waals surface area (Å²) < 4.78 is 3.95. The molecule has 0 bridgehead atoms. The monoisotopic (exact) mass is 367 g/mol. The number of nitrogen functional groups attached to an aromatic ring is 1. The Morgan fingerprint density at radius 3 is 2.46 bits per heavy atom. The number of methoxy groups -OCH3 is 1. The molecule has 0 spiro atoms. The van der Waals surface area contributed by atoms with Crippen LogP contribution in [0.3, 0.4) is 0 Å². The van der Waals surface area contributed by atoms with Gasteiger partial charge >= 0.3 is 5.97 Å². The average molecular weight is 368 g/mol. The Balaban J connectivity index is 2.50. The number of aliphatic carboxylic acids is 1. The minimum Gasteiger partial charge on any atom is -0.497 e. The molecule has 2 aromatic rings. The molecule has 0 unspecified atom stereocenters. The van der Waals surface area contributed by atoms with Gasteiger partial charge in [-0.2, -0.15) is 0 Å². The van der Waals surface area contributed by atoms with Gasteiger partial charge in [0.15, 0.2) is 6.10 Å². The van der Waals surface area contributed by atoms with E-state index in [-0.39, 0.29) is 0 Å². The second kappa shape index (κ2) is 7.34. The van der Waals surface area contributed by atoms with Crippen molar-refractivity contribution in [1.29, 1.82) is 0 Å². The van der Waals surface area contributed by atoms with Crippen molar-refractivity contribution in [2.75, 3.05) is 12.8 Å². The molecule has 5 nitrogen and oxygen atoms in total. The molecule has 2 aromatic carbocycles. The van der Waals surface area contributed by atoms with E-state index in [0.29, 0.717) is 26.9 Å². The highest BCUT2D eigenvalue weighted by Crippen LogP contribution is 2.46. The van der Waals surface area contributed by atoms with Crippen LogP contribution < -0.4 is 10.5 Å². The highest BCUT2D eigenvalue weighted by Gasteiger charge is 2.41. The first-order valence-electron chi connectivity index (χ1n) is 7.07.